The molecule has 0 bridgehead atoms. The summed E-state index contributed by atoms with van der Waals surface area (Å²) < 4.78 is 41.1. The van der Waals surface area contributed by atoms with Gasteiger partial charge >= 0.3 is 5.69 Å². The molecule has 3 rings (SSSR count). The van der Waals surface area contributed by atoms with Crippen LogP contribution in [0.15, 0.2) is 46.1 Å². The first kappa shape index (κ1) is 29.0. The van der Waals surface area contributed by atoms with Gasteiger partial charge in [0.1, 0.15) is 17.5 Å². The number of ether oxygens (including phenoxy) is 4. The fourth-order valence-corrected chi connectivity index (χ4v) is 4.41. The number of alkyl halides is 1. The molecule has 1 aliphatic heterocycles. The Bertz CT molecular complexity index is 1100. The fourth-order valence-electron chi connectivity index (χ4n) is 4.41. The zero-order valence-corrected chi connectivity index (χ0v) is 22.1. The maximum Gasteiger partial charge on any atom is 0.333 e. The highest BCUT2D eigenvalue weighted by molar-refractivity contribution is 5.27. The zero-order valence-electron chi connectivity index (χ0n) is 22.1. The summed E-state index contributed by atoms with van der Waals surface area (Å²) in [5.74, 6) is 0.644. The summed E-state index contributed by atoms with van der Waals surface area (Å²) >= 11 is 0. The number of aromatic nitrogens is 2. The molecule has 1 N–H and O–H groups in total. The molecule has 0 saturated carbocycles. The SMILES string of the molecule is CCCCOC[C@@]1([C@@H](C)O)O[C@@H](n2ccc(=O)n(Cc3ccc(OC)cc3)c2=O)[C@H](F)[C@@H]1OCCCC. The third kappa shape index (κ3) is 6.49. The Morgan fingerprint density at radius 3 is 2.41 bits per heavy atom. The van der Waals surface area contributed by atoms with Crippen LogP contribution < -0.4 is 16.0 Å². The molecule has 2 heterocycles. The number of hydrogen-bond donors (Lipinski definition) is 1. The van der Waals surface area contributed by atoms with Crippen LogP contribution in [0.2, 0.25) is 0 Å². The molecule has 0 radical (unpaired) electrons. The van der Waals surface area contributed by atoms with E-state index in [0.29, 0.717) is 24.3 Å². The zero-order chi connectivity index (χ0) is 27.0. The van der Waals surface area contributed by atoms with Crippen molar-refractivity contribution in [3.8, 4) is 5.75 Å². The molecule has 10 heteroatoms. The highest BCUT2D eigenvalue weighted by Gasteiger charge is 2.60. The van der Waals surface area contributed by atoms with Gasteiger partial charge in [-0.15, -0.1) is 0 Å². The van der Waals surface area contributed by atoms with Crippen molar-refractivity contribution < 1.29 is 28.4 Å². The summed E-state index contributed by atoms with van der Waals surface area (Å²) in [5, 5.41) is 10.8. The van der Waals surface area contributed by atoms with Gasteiger partial charge in [-0.2, -0.15) is 0 Å². The van der Waals surface area contributed by atoms with Crippen LogP contribution in [0, 0.1) is 0 Å². The van der Waals surface area contributed by atoms with Crippen molar-refractivity contribution in [2.24, 2.45) is 0 Å². The molecule has 2 aromatic rings. The average Bonchev–Trinajstić information content (AvgIpc) is 3.17. The van der Waals surface area contributed by atoms with Gasteiger partial charge < -0.3 is 24.1 Å². The second-order valence-corrected chi connectivity index (χ2v) is 9.41. The molecule has 1 saturated heterocycles. The molecule has 0 aliphatic carbocycles. The predicted molar refractivity (Wildman–Crippen MR) is 137 cm³/mol. The maximum absolute atomic E-state index is 16.0. The maximum atomic E-state index is 16.0. The number of benzene rings is 1. The standard InChI is InChI=1S/C27H39FN2O7/c1-5-7-15-35-18-27(19(3)31)24(36-16-8-6-2)23(28)25(37-27)29-14-13-22(32)30(26(29)33)17-20-9-11-21(34-4)12-10-20/h9-14,19,23-25,31H,5-8,15-18H2,1-4H3/t19-,23-,24+,25-,27+/m1/s1. The normalized spacial score (nSPS) is 24.3. The quantitative estimate of drug-likeness (QED) is 0.381. The van der Waals surface area contributed by atoms with Crippen LogP contribution in [-0.2, 0) is 20.8 Å². The molecule has 1 fully saturated rings. The van der Waals surface area contributed by atoms with E-state index in [1.54, 1.807) is 31.4 Å². The Hall–Kier alpha value is -2.53. The molecule has 1 aromatic carbocycles. The van der Waals surface area contributed by atoms with Crippen LogP contribution in [0.5, 0.6) is 5.75 Å². The lowest BCUT2D eigenvalue weighted by molar-refractivity contribution is -0.196. The fraction of sp³-hybridized carbons (Fsp3) is 0.630. The molecule has 0 spiro atoms. The van der Waals surface area contributed by atoms with E-state index in [4.69, 9.17) is 18.9 Å². The first-order chi connectivity index (χ1) is 17.8. The second kappa shape index (κ2) is 13.3. The van der Waals surface area contributed by atoms with E-state index >= 15 is 4.39 Å². The van der Waals surface area contributed by atoms with Crippen molar-refractivity contribution >= 4 is 0 Å². The number of unbranched alkanes of at least 4 members (excludes halogenated alkanes) is 2. The van der Waals surface area contributed by atoms with Gasteiger partial charge in [0.2, 0.25) is 0 Å². The average molecular weight is 523 g/mol. The lowest BCUT2D eigenvalue weighted by Gasteiger charge is -2.36. The summed E-state index contributed by atoms with van der Waals surface area (Å²) in [6.45, 7) is 6.10. The topological polar surface area (TPSA) is 101 Å². The summed E-state index contributed by atoms with van der Waals surface area (Å²) in [4.78, 5) is 26.0. The van der Waals surface area contributed by atoms with E-state index in [9.17, 15) is 14.7 Å². The number of methoxy groups -OCH3 is 1. The summed E-state index contributed by atoms with van der Waals surface area (Å²) in [6.07, 6.45) is -1.02. The Morgan fingerprint density at radius 1 is 1.11 bits per heavy atom. The molecule has 5 atom stereocenters. The number of nitrogens with zero attached hydrogens (tertiary/aromatic N) is 2. The van der Waals surface area contributed by atoms with Gasteiger partial charge in [0.25, 0.3) is 5.56 Å². The van der Waals surface area contributed by atoms with Crippen molar-refractivity contribution in [2.75, 3.05) is 26.9 Å². The second-order valence-electron chi connectivity index (χ2n) is 9.41. The molecule has 0 amide bonds. The van der Waals surface area contributed by atoms with Crippen LogP contribution in [0.3, 0.4) is 0 Å². The summed E-state index contributed by atoms with van der Waals surface area (Å²) in [7, 11) is 1.55. The van der Waals surface area contributed by atoms with Gasteiger partial charge in [0, 0.05) is 25.5 Å². The molecule has 37 heavy (non-hydrogen) atoms. The lowest BCUT2D eigenvalue weighted by Crippen LogP contribution is -2.55. The monoisotopic (exact) mass is 522 g/mol. The van der Waals surface area contributed by atoms with Crippen LogP contribution >= 0.6 is 0 Å². The third-order valence-electron chi connectivity index (χ3n) is 6.73. The number of rotatable bonds is 14. The first-order valence-corrected chi connectivity index (χ1v) is 12.9. The number of aliphatic hydroxyl groups excluding tert-OH is 1. The van der Waals surface area contributed by atoms with Crippen molar-refractivity contribution in [2.45, 2.75) is 83.2 Å². The largest absolute Gasteiger partial charge is 0.497 e. The smallest absolute Gasteiger partial charge is 0.333 e. The minimum absolute atomic E-state index is 0.00965. The van der Waals surface area contributed by atoms with Crippen molar-refractivity contribution in [1.82, 2.24) is 9.13 Å². The molecule has 206 valence electrons. The van der Waals surface area contributed by atoms with Gasteiger partial charge in [0.15, 0.2) is 12.4 Å². The van der Waals surface area contributed by atoms with Crippen molar-refractivity contribution in [3.63, 3.8) is 0 Å². The molecule has 9 nitrogen and oxygen atoms in total. The van der Waals surface area contributed by atoms with Gasteiger partial charge in [0.05, 0.1) is 26.4 Å². The summed E-state index contributed by atoms with van der Waals surface area (Å²) in [5.41, 5.74) is -2.07. The number of hydrogen-bond acceptors (Lipinski definition) is 7. The molecule has 0 unspecified atom stereocenters. The van der Waals surface area contributed by atoms with Crippen molar-refractivity contribution in [1.29, 1.82) is 0 Å². The Kier molecular flexibility index (Phi) is 10.5. The summed E-state index contributed by atoms with van der Waals surface area (Å²) in [6, 6.07) is 8.15. The van der Waals surface area contributed by atoms with Crippen LogP contribution in [0.25, 0.3) is 0 Å². The number of aliphatic hydroxyl groups is 1. The molecular weight excluding hydrogens is 483 g/mol. The highest BCUT2D eigenvalue weighted by atomic mass is 19.1. The van der Waals surface area contributed by atoms with E-state index < -0.39 is 41.5 Å². The minimum Gasteiger partial charge on any atom is -0.497 e. The van der Waals surface area contributed by atoms with E-state index in [-0.39, 0.29) is 19.8 Å². The number of halogens is 1. The van der Waals surface area contributed by atoms with Gasteiger partial charge in [-0.25, -0.2) is 9.18 Å². The van der Waals surface area contributed by atoms with Crippen LogP contribution in [-0.4, -0.2) is 65.2 Å². The van der Waals surface area contributed by atoms with Gasteiger partial charge in [-0.3, -0.25) is 13.9 Å². The van der Waals surface area contributed by atoms with Gasteiger partial charge in [-0.1, -0.05) is 38.8 Å². The highest BCUT2D eigenvalue weighted by Crippen LogP contribution is 2.43. The van der Waals surface area contributed by atoms with Crippen LogP contribution in [0.1, 0.15) is 58.2 Å². The third-order valence-corrected chi connectivity index (χ3v) is 6.73. The minimum atomic E-state index is -1.79. The van der Waals surface area contributed by atoms with E-state index in [1.807, 2.05) is 13.8 Å². The lowest BCUT2D eigenvalue weighted by atomic mass is 9.91. The first-order valence-electron chi connectivity index (χ1n) is 12.9. The van der Waals surface area contributed by atoms with E-state index in [1.165, 1.54) is 19.2 Å². The molecular formula is C27H39FN2O7. The Morgan fingerprint density at radius 2 is 1.78 bits per heavy atom. The van der Waals surface area contributed by atoms with E-state index in [2.05, 4.69) is 0 Å². The molecule has 1 aliphatic rings. The Labute approximate surface area is 216 Å². The Balaban J connectivity index is 1.96. The van der Waals surface area contributed by atoms with Gasteiger partial charge in [-0.05, 0) is 37.5 Å². The predicted octanol–water partition coefficient (Wildman–Crippen LogP) is 3.06. The van der Waals surface area contributed by atoms with E-state index in [0.717, 1.165) is 28.4 Å². The van der Waals surface area contributed by atoms with Crippen molar-refractivity contribution in [3.05, 3.63) is 62.9 Å². The molecule has 1 aromatic heterocycles. The van der Waals surface area contributed by atoms with Crippen LogP contribution in [0.4, 0.5) is 4.39 Å².